The van der Waals surface area contributed by atoms with Crippen LogP contribution in [0, 0.1) is 5.41 Å². The Balaban J connectivity index is 1.59. The summed E-state index contributed by atoms with van der Waals surface area (Å²) in [6.07, 6.45) is 2.95. The Morgan fingerprint density at radius 1 is 1.07 bits per heavy atom. The van der Waals surface area contributed by atoms with Gasteiger partial charge in [0.15, 0.2) is 0 Å². The summed E-state index contributed by atoms with van der Waals surface area (Å²) in [5, 5.41) is 12.7. The Morgan fingerprint density at radius 2 is 1.82 bits per heavy atom. The zero-order valence-electron chi connectivity index (χ0n) is 22.7. The fraction of sp³-hybridized carbons (Fsp3) is 0.367. The normalized spacial score (nSPS) is 22.0. The first-order valence-electron chi connectivity index (χ1n) is 13.3. The maximum Gasteiger partial charge on any atom is 0.407 e. The molecule has 0 radical (unpaired) electrons. The summed E-state index contributed by atoms with van der Waals surface area (Å²) in [7, 11) is 0. The number of cyclic esters (lactones) is 1. The average molecular weight is 545 g/mol. The zero-order chi connectivity index (χ0) is 28.4. The van der Waals surface area contributed by atoms with Crippen LogP contribution in [0.2, 0.25) is 0 Å². The minimum atomic E-state index is -1.15. The van der Waals surface area contributed by atoms with Crippen LogP contribution in [0.5, 0.6) is 5.88 Å². The second-order valence-corrected chi connectivity index (χ2v) is 11.1. The van der Waals surface area contributed by atoms with Gasteiger partial charge in [-0.05, 0) is 35.6 Å². The monoisotopic (exact) mass is 544 g/mol. The molecule has 10 heteroatoms. The number of hydrogen-bond acceptors (Lipinski definition) is 7. The maximum absolute atomic E-state index is 13.7. The van der Waals surface area contributed by atoms with Crippen molar-refractivity contribution in [2.24, 2.45) is 5.41 Å². The van der Waals surface area contributed by atoms with E-state index in [4.69, 9.17) is 19.4 Å². The molecule has 2 amide bonds. The SMILES string of the molecule is CC(C)(C)[C@@H]1NC(=O)OCCC=Cc2cccc(c2)-c2nc3ccccc3nc2O[C@@H]2C[C@@H](C(=O)O)N(C2)C1=O. The number of carboxylic acid groups (broad SMARTS) is 1. The highest BCUT2D eigenvalue weighted by atomic mass is 16.5. The van der Waals surface area contributed by atoms with Crippen LogP contribution in [0.3, 0.4) is 0 Å². The lowest BCUT2D eigenvalue weighted by Gasteiger charge is -2.34. The molecule has 2 N–H and O–H groups in total. The summed E-state index contributed by atoms with van der Waals surface area (Å²) in [5.74, 6) is -1.40. The number of para-hydroxylation sites is 2. The fourth-order valence-electron chi connectivity index (χ4n) is 4.98. The first-order chi connectivity index (χ1) is 19.1. The number of amides is 2. The van der Waals surface area contributed by atoms with Gasteiger partial charge < -0.3 is 24.8 Å². The van der Waals surface area contributed by atoms with E-state index in [-0.39, 0.29) is 25.5 Å². The highest BCUT2D eigenvalue weighted by Crippen LogP contribution is 2.33. The lowest BCUT2D eigenvalue weighted by atomic mass is 9.85. The molecule has 2 aliphatic rings. The van der Waals surface area contributed by atoms with E-state index in [0.717, 1.165) is 11.1 Å². The van der Waals surface area contributed by atoms with Gasteiger partial charge in [0.2, 0.25) is 11.8 Å². The number of aliphatic carboxylic acids is 1. The molecule has 5 rings (SSSR count). The fourth-order valence-corrected chi connectivity index (χ4v) is 4.98. The van der Waals surface area contributed by atoms with Gasteiger partial charge in [0.05, 0.1) is 24.2 Å². The van der Waals surface area contributed by atoms with Crippen LogP contribution in [0.15, 0.2) is 54.6 Å². The molecular weight excluding hydrogens is 512 g/mol. The molecule has 1 fully saturated rings. The van der Waals surface area contributed by atoms with Crippen molar-refractivity contribution in [3.63, 3.8) is 0 Å². The van der Waals surface area contributed by atoms with Crippen molar-refractivity contribution in [3.05, 3.63) is 60.2 Å². The van der Waals surface area contributed by atoms with E-state index in [2.05, 4.69) is 5.32 Å². The first-order valence-corrected chi connectivity index (χ1v) is 13.3. The smallest absolute Gasteiger partial charge is 0.407 e. The Morgan fingerprint density at radius 3 is 2.55 bits per heavy atom. The number of carbonyl (C=O) groups excluding carboxylic acids is 2. The van der Waals surface area contributed by atoms with E-state index in [9.17, 15) is 19.5 Å². The van der Waals surface area contributed by atoms with E-state index in [1.54, 1.807) is 20.8 Å². The zero-order valence-corrected chi connectivity index (χ0v) is 22.7. The topological polar surface area (TPSA) is 131 Å². The molecule has 3 atom stereocenters. The van der Waals surface area contributed by atoms with Crippen LogP contribution >= 0.6 is 0 Å². The van der Waals surface area contributed by atoms with E-state index in [1.165, 1.54) is 4.90 Å². The van der Waals surface area contributed by atoms with Gasteiger partial charge in [-0.3, -0.25) is 4.79 Å². The second-order valence-electron chi connectivity index (χ2n) is 11.1. The molecule has 1 saturated heterocycles. The minimum absolute atomic E-state index is 0.00975. The third kappa shape index (κ3) is 5.75. The third-order valence-electron chi connectivity index (χ3n) is 7.01. The van der Waals surface area contributed by atoms with Crippen LogP contribution in [0.4, 0.5) is 4.79 Å². The predicted octanol–water partition coefficient (Wildman–Crippen LogP) is 4.29. The highest BCUT2D eigenvalue weighted by Gasteiger charge is 2.46. The van der Waals surface area contributed by atoms with E-state index < -0.39 is 41.6 Å². The predicted molar refractivity (Wildman–Crippen MR) is 149 cm³/mol. The van der Waals surface area contributed by atoms with Crippen LogP contribution < -0.4 is 10.1 Å². The van der Waals surface area contributed by atoms with Gasteiger partial charge in [-0.15, -0.1) is 0 Å². The number of carbonyl (C=O) groups is 3. The standard InChI is InChI=1S/C30H32N4O6/c1-30(2,3)25-27(35)34-17-20(16-23(34)28(36)37)40-26-24(31-21-12-4-5-13-22(21)32-26)19-11-8-10-18(15-19)9-6-7-14-39-29(38)33-25/h4-6,8-13,15,20,23,25H,7,14,16-17H2,1-3H3,(H,33,38)(H,36,37)/t20-,23+,25-/m1/s1. The van der Waals surface area contributed by atoms with Gasteiger partial charge >= 0.3 is 12.1 Å². The third-order valence-corrected chi connectivity index (χ3v) is 7.01. The van der Waals surface area contributed by atoms with Crippen molar-refractivity contribution >= 4 is 35.1 Å². The Hall–Kier alpha value is -4.47. The quantitative estimate of drug-likeness (QED) is 0.464. The Bertz CT molecular complexity index is 1480. The van der Waals surface area contributed by atoms with Crippen molar-refractivity contribution in [1.82, 2.24) is 20.2 Å². The molecule has 0 aliphatic carbocycles. The summed E-state index contributed by atoms with van der Waals surface area (Å²) < 4.78 is 11.7. The summed E-state index contributed by atoms with van der Waals surface area (Å²) in [6, 6.07) is 13.0. The molecule has 40 heavy (non-hydrogen) atoms. The number of carboxylic acids is 1. The molecule has 0 spiro atoms. The number of hydrogen-bond donors (Lipinski definition) is 2. The van der Waals surface area contributed by atoms with Crippen LogP contribution in [0.25, 0.3) is 28.4 Å². The van der Waals surface area contributed by atoms with Gasteiger partial charge in [0.25, 0.3) is 0 Å². The summed E-state index contributed by atoms with van der Waals surface area (Å²) in [4.78, 5) is 49.5. The molecule has 0 unspecified atom stereocenters. The van der Waals surface area contributed by atoms with Crippen molar-refractivity contribution in [1.29, 1.82) is 0 Å². The Labute approximate surface area is 232 Å². The maximum atomic E-state index is 13.7. The first kappa shape index (κ1) is 27.1. The largest absolute Gasteiger partial charge is 0.480 e. The molecule has 208 valence electrons. The van der Waals surface area contributed by atoms with E-state index in [1.807, 2.05) is 60.7 Å². The number of nitrogens with one attached hydrogen (secondary N) is 1. The van der Waals surface area contributed by atoms with Crippen molar-refractivity contribution < 1.29 is 29.0 Å². The van der Waals surface area contributed by atoms with Crippen LogP contribution in [0.1, 0.15) is 39.2 Å². The number of fused-ring (bicyclic) bond motifs is 7. The number of nitrogens with zero attached hydrogens (tertiary/aromatic N) is 3. The van der Waals surface area contributed by atoms with Crippen molar-refractivity contribution in [2.75, 3.05) is 13.2 Å². The second kappa shape index (κ2) is 11.0. The number of rotatable bonds is 1. The van der Waals surface area contributed by atoms with Gasteiger partial charge in [-0.2, -0.15) is 0 Å². The molecule has 10 nitrogen and oxygen atoms in total. The lowest BCUT2D eigenvalue weighted by molar-refractivity contribution is -0.150. The number of aromatic nitrogens is 2. The van der Waals surface area contributed by atoms with Crippen LogP contribution in [-0.2, 0) is 14.3 Å². The number of benzene rings is 2. The number of ether oxygens (including phenoxy) is 2. The molecular formula is C30H32N4O6. The summed E-state index contributed by atoms with van der Waals surface area (Å²) in [5.41, 5.74) is 2.84. The average Bonchev–Trinajstić information content (AvgIpc) is 3.34. The van der Waals surface area contributed by atoms with Crippen molar-refractivity contribution in [3.8, 4) is 17.1 Å². The lowest BCUT2D eigenvalue weighted by Crippen LogP contribution is -2.57. The summed E-state index contributed by atoms with van der Waals surface area (Å²) >= 11 is 0. The van der Waals surface area contributed by atoms with E-state index >= 15 is 0 Å². The molecule has 2 aromatic carbocycles. The van der Waals surface area contributed by atoms with Gasteiger partial charge in [-0.1, -0.05) is 63.3 Å². The minimum Gasteiger partial charge on any atom is -0.480 e. The van der Waals surface area contributed by atoms with Gasteiger partial charge in [-0.25, -0.2) is 19.6 Å². The van der Waals surface area contributed by atoms with E-state index in [0.29, 0.717) is 23.1 Å². The molecule has 3 heterocycles. The summed E-state index contributed by atoms with van der Waals surface area (Å²) in [6.45, 7) is 5.53. The molecule has 1 aromatic heterocycles. The van der Waals surface area contributed by atoms with Gasteiger partial charge in [0.1, 0.15) is 23.9 Å². The molecule has 2 aliphatic heterocycles. The number of alkyl carbamates (subject to hydrolysis) is 1. The molecule has 0 saturated carbocycles. The molecule has 3 aromatic rings. The van der Waals surface area contributed by atoms with Crippen LogP contribution in [-0.4, -0.2) is 69.3 Å². The highest BCUT2D eigenvalue weighted by molar-refractivity contribution is 5.90. The molecule has 4 bridgehead atoms. The van der Waals surface area contributed by atoms with Gasteiger partial charge in [0, 0.05) is 12.0 Å². The Kier molecular flexibility index (Phi) is 7.42. The van der Waals surface area contributed by atoms with Crippen molar-refractivity contribution in [2.45, 2.75) is 51.8 Å².